The molecule has 18 heteroatoms. The Morgan fingerprint density at radius 3 is 2.19 bits per heavy atom. The Morgan fingerprint density at radius 2 is 1.54 bits per heavy atom. The summed E-state index contributed by atoms with van der Waals surface area (Å²) in [5, 5.41) is 16.3. The number of nitrogens with zero attached hydrogens (tertiary/aromatic N) is 8. The third-order valence-corrected chi connectivity index (χ3v) is 10.5. The van der Waals surface area contributed by atoms with Gasteiger partial charge >= 0.3 is 18.3 Å². The number of benzene rings is 1. The number of hydrazine groups is 1. The average molecular weight is 836 g/mol. The van der Waals surface area contributed by atoms with E-state index in [0.29, 0.717) is 25.9 Å². The monoisotopic (exact) mass is 835 g/mol. The van der Waals surface area contributed by atoms with Gasteiger partial charge in [-0.1, -0.05) is 0 Å². The van der Waals surface area contributed by atoms with Crippen LogP contribution < -0.4 is 15.2 Å². The Bertz CT molecular complexity index is 2330. The minimum Gasteiger partial charge on any atom is -0.444 e. The third kappa shape index (κ3) is 9.51. The highest BCUT2D eigenvalue weighted by molar-refractivity contribution is 7.23. The number of carbonyl (C=O) groups is 3. The van der Waals surface area contributed by atoms with E-state index in [0.717, 1.165) is 23.8 Å². The summed E-state index contributed by atoms with van der Waals surface area (Å²) >= 11 is 0.819. The molecule has 59 heavy (non-hydrogen) atoms. The topological polar surface area (TPSA) is 166 Å². The first-order valence-corrected chi connectivity index (χ1v) is 20.4. The van der Waals surface area contributed by atoms with Crippen molar-refractivity contribution in [2.75, 3.05) is 47.9 Å². The van der Waals surface area contributed by atoms with E-state index >= 15 is 8.78 Å². The standard InChI is InChI=1S/C41H51F2N9O6S/c1-23-22-49(37(54)57-40(5,6)7)18-19-50(23)35-46-31-26(33(47-35)51-16-12-11-13-17-52(51)38(55)58-41(8,9)10)21-45-30(29(31)43)24-14-15-27(42)32-28(24)25(20-44)34(59-32)48-36(53)56-39(2,3)4/h14-15,21,23H,11-13,16-19,22H2,1-10H3,(H,48,53)/t23-/m0/s1. The first-order valence-electron chi connectivity index (χ1n) is 19.6. The molecule has 15 nitrogen and oxygen atoms in total. The number of halogens is 2. The van der Waals surface area contributed by atoms with Crippen molar-refractivity contribution >= 4 is 67.4 Å². The summed E-state index contributed by atoms with van der Waals surface area (Å²) in [4.78, 5) is 57.3. The first-order chi connectivity index (χ1) is 27.5. The molecule has 316 valence electrons. The van der Waals surface area contributed by atoms with Gasteiger partial charge in [-0.05, 0) is 101 Å². The minimum absolute atomic E-state index is 0.00437. The fourth-order valence-electron chi connectivity index (χ4n) is 6.92. The number of aromatic nitrogens is 3. The van der Waals surface area contributed by atoms with Gasteiger partial charge in [0.15, 0.2) is 11.6 Å². The van der Waals surface area contributed by atoms with Gasteiger partial charge in [0.05, 0.1) is 15.6 Å². The predicted molar refractivity (Wildman–Crippen MR) is 221 cm³/mol. The highest BCUT2D eigenvalue weighted by Crippen LogP contribution is 2.44. The van der Waals surface area contributed by atoms with Gasteiger partial charge in [0, 0.05) is 55.9 Å². The number of carbonyl (C=O) groups excluding carboxylic acids is 3. The van der Waals surface area contributed by atoms with E-state index < -0.39 is 46.7 Å². The molecule has 2 aliphatic heterocycles. The van der Waals surface area contributed by atoms with Crippen molar-refractivity contribution in [3.05, 3.63) is 35.5 Å². The van der Waals surface area contributed by atoms with Crippen LogP contribution >= 0.6 is 11.3 Å². The molecule has 1 atom stereocenters. The SMILES string of the molecule is C[C@H]1CN(C(=O)OC(C)(C)C)CCN1c1nc(N2CCCCCN2C(=O)OC(C)(C)C)c2cnc(-c3ccc(F)c4sc(NC(=O)OC(C)(C)C)c(C#N)c34)c(F)c2n1. The highest BCUT2D eigenvalue weighted by atomic mass is 32.1. The summed E-state index contributed by atoms with van der Waals surface area (Å²) in [5.41, 5.74) is -2.69. The Labute approximate surface area is 346 Å². The van der Waals surface area contributed by atoms with Gasteiger partial charge in [0.2, 0.25) is 5.95 Å². The lowest BCUT2D eigenvalue weighted by atomic mass is 10.0. The Kier molecular flexibility index (Phi) is 11.8. The summed E-state index contributed by atoms with van der Waals surface area (Å²) in [7, 11) is 0. The number of amides is 3. The highest BCUT2D eigenvalue weighted by Gasteiger charge is 2.35. The lowest BCUT2D eigenvalue weighted by molar-refractivity contribution is 0.0214. The zero-order chi connectivity index (χ0) is 43.2. The summed E-state index contributed by atoms with van der Waals surface area (Å²) in [6, 6.07) is 4.19. The van der Waals surface area contributed by atoms with E-state index in [1.54, 1.807) is 72.2 Å². The molecule has 2 fully saturated rings. The van der Waals surface area contributed by atoms with Crippen molar-refractivity contribution in [1.29, 1.82) is 5.26 Å². The number of hydrogen-bond donors (Lipinski definition) is 1. The molecule has 0 radical (unpaired) electrons. The van der Waals surface area contributed by atoms with Crippen molar-refractivity contribution in [3.8, 4) is 17.3 Å². The second kappa shape index (κ2) is 16.2. The largest absolute Gasteiger partial charge is 0.444 e. The summed E-state index contributed by atoms with van der Waals surface area (Å²) in [5.74, 6) is -1.19. The minimum atomic E-state index is -0.879. The third-order valence-electron chi connectivity index (χ3n) is 9.34. The number of nitriles is 1. The van der Waals surface area contributed by atoms with E-state index in [2.05, 4.69) is 10.3 Å². The molecule has 4 aromatic rings. The molecule has 5 heterocycles. The smallest absolute Gasteiger partial charge is 0.429 e. The zero-order valence-corrected chi connectivity index (χ0v) is 36.0. The number of piperazine rings is 1. The Hall–Kier alpha value is -5.57. The van der Waals surface area contributed by atoms with Crippen LogP contribution in [0.2, 0.25) is 0 Å². The van der Waals surface area contributed by atoms with Crippen LogP contribution in [0.1, 0.15) is 94.1 Å². The predicted octanol–water partition coefficient (Wildman–Crippen LogP) is 8.99. The number of nitrogens with one attached hydrogen (secondary N) is 1. The molecule has 1 N–H and O–H groups in total. The van der Waals surface area contributed by atoms with Crippen LogP contribution in [-0.2, 0) is 14.2 Å². The normalized spacial score (nSPS) is 16.8. The molecule has 2 saturated heterocycles. The van der Waals surface area contributed by atoms with E-state index in [9.17, 15) is 19.6 Å². The molecule has 3 amide bonds. The van der Waals surface area contributed by atoms with Crippen LogP contribution in [0.25, 0.3) is 32.2 Å². The molecule has 3 aromatic heterocycles. The number of thiophene rings is 1. The summed E-state index contributed by atoms with van der Waals surface area (Å²) in [6.07, 6.45) is 1.72. The molecule has 2 aliphatic rings. The zero-order valence-electron chi connectivity index (χ0n) is 35.2. The van der Waals surface area contributed by atoms with Crippen molar-refractivity contribution < 1.29 is 37.4 Å². The maximum Gasteiger partial charge on any atom is 0.429 e. The van der Waals surface area contributed by atoms with Gasteiger partial charge in [0.25, 0.3) is 0 Å². The van der Waals surface area contributed by atoms with Crippen LogP contribution in [0, 0.1) is 23.0 Å². The second-order valence-corrected chi connectivity index (χ2v) is 18.7. The molecule has 6 rings (SSSR count). The number of hydrogen-bond acceptors (Lipinski definition) is 13. The van der Waals surface area contributed by atoms with Crippen molar-refractivity contribution in [1.82, 2.24) is 24.9 Å². The van der Waals surface area contributed by atoms with Crippen LogP contribution in [0.15, 0.2) is 18.3 Å². The van der Waals surface area contributed by atoms with Gasteiger partial charge in [-0.25, -0.2) is 33.2 Å². The fourth-order valence-corrected chi connectivity index (χ4v) is 7.98. The Morgan fingerprint density at radius 1 is 0.881 bits per heavy atom. The quantitative estimate of drug-likeness (QED) is 0.194. The van der Waals surface area contributed by atoms with Crippen molar-refractivity contribution in [2.45, 2.75) is 111 Å². The molecular formula is C41H51F2N9O6S. The second-order valence-electron chi connectivity index (χ2n) is 17.6. The molecule has 0 bridgehead atoms. The lowest BCUT2D eigenvalue weighted by Gasteiger charge is -2.41. The van der Waals surface area contributed by atoms with E-state index in [1.807, 2.05) is 17.9 Å². The summed E-state index contributed by atoms with van der Waals surface area (Å²) in [6.45, 7) is 19.2. The van der Waals surface area contributed by atoms with E-state index in [1.165, 1.54) is 17.3 Å². The average Bonchev–Trinajstić information content (AvgIpc) is 3.30. The number of rotatable bonds is 4. The molecule has 0 aliphatic carbocycles. The van der Waals surface area contributed by atoms with Gasteiger partial charge in [-0.3, -0.25) is 15.3 Å². The van der Waals surface area contributed by atoms with Crippen molar-refractivity contribution in [2.24, 2.45) is 0 Å². The molecule has 0 unspecified atom stereocenters. The van der Waals surface area contributed by atoms with Crippen LogP contribution in [0.3, 0.4) is 0 Å². The van der Waals surface area contributed by atoms with Gasteiger partial charge in [0.1, 0.15) is 44.9 Å². The van der Waals surface area contributed by atoms with Gasteiger partial charge in [-0.2, -0.15) is 10.2 Å². The fraction of sp³-hybridized carbons (Fsp3) is 0.537. The van der Waals surface area contributed by atoms with Gasteiger partial charge < -0.3 is 24.0 Å². The van der Waals surface area contributed by atoms with Crippen LogP contribution in [0.5, 0.6) is 0 Å². The molecule has 0 saturated carbocycles. The van der Waals surface area contributed by atoms with Gasteiger partial charge in [-0.15, -0.1) is 11.3 Å². The lowest BCUT2D eigenvalue weighted by Crippen LogP contribution is -2.55. The van der Waals surface area contributed by atoms with Crippen LogP contribution in [0.4, 0.5) is 39.9 Å². The molecule has 1 aromatic carbocycles. The number of pyridine rings is 1. The Balaban J connectivity index is 1.52. The number of anilines is 3. The van der Waals surface area contributed by atoms with Crippen LogP contribution in [-0.4, -0.2) is 98.7 Å². The number of ether oxygens (including phenoxy) is 3. The maximum absolute atomic E-state index is 17.5. The van der Waals surface area contributed by atoms with E-state index in [-0.39, 0.29) is 80.3 Å². The number of fused-ring (bicyclic) bond motifs is 2. The summed E-state index contributed by atoms with van der Waals surface area (Å²) < 4.78 is 49.7. The first kappa shape index (κ1) is 43.0. The molecule has 0 spiro atoms. The van der Waals surface area contributed by atoms with E-state index in [4.69, 9.17) is 24.2 Å². The van der Waals surface area contributed by atoms with Crippen molar-refractivity contribution in [3.63, 3.8) is 0 Å². The maximum atomic E-state index is 17.5. The molecular weight excluding hydrogens is 785 g/mol.